The summed E-state index contributed by atoms with van der Waals surface area (Å²) in [5, 5.41) is 5.52. The maximum Gasteiger partial charge on any atom is 0.162 e. The molecule has 0 aliphatic heterocycles. The van der Waals surface area contributed by atoms with Gasteiger partial charge in [0.1, 0.15) is 11.6 Å². The van der Waals surface area contributed by atoms with E-state index in [1.54, 1.807) is 19.5 Å². The minimum absolute atomic E-state index is 0.633. The van der Waals surface area contributed by atoms with Crippen LogP contribution in [0.1, 0.15) is 0 Å². The number of aromatic nitrogens is 4. The Balaban J connectivity index is 1.66. The molecule has 0 unspecified atom stereocenters. The van der Waals surface area contributed by atoms with Gasteiger partial charge in [-0.25, -0.2) is 9.97 Å². The van der Waals surface area contributed by atoms with Gasteiger partial charge in [0.25, 0.3) is 0 Å². The quantitative estimate of drug-likeness (QED) is 0.471. The Hall–Kier alpha value is -3.93. The van der Waals surface area contributed by atoms with Gasteiger partial charge in [0.2, 0.25) is 0 Å². The summed E-state index contributed by atoms with van der Waals surface area (Å²) in [4.78, 5) is 16.8. The van der Waals surface area contributed by atoms with Gasteiger partial charge in [-0.05, 0) is 48.5 Å². The van der Waals surface area contributed by atoms with Crippen molar-refractivity contribution in [2.45, 2.75) is 0 Å². The highest BCUT2D eigenvalue weighted by molar-refractivity contribution is 5.94. The molecular formula is C22H17N5O. The maximum atomic E-state index is 5.37. The monoisotopic (exact) mass is 367 g/mol. The molecule has 0 bridgehead atoms. The summed E-state index contributed by atoms with van der Waals surface area (Å²) < 4.78 is 5.37. The van der Waals surface area contributed by atoms with Crippen LogP contribution in [0.15, 0.2) is 73.2 Å². The number of nitrogens with zero attached hydrogens (tertiary/aromatic N) is 3. The molecule has 136 valence electrons. The van der Waals surface area contributed by atoms with Gasteiger partial charge in [0, 0.05) is 52.2 Å². The third-order valence-corrected chi connectivity index (χ3v) is 4.66. The molecule has 0 aliphatic rings. The van der Waals surface area contributed by atoms with Gasteiger partial charge in [0.15, 0.2) is 5.82 Å². The van der Waals surface area contributed by atoms with Crippen molar-refractivity contribution >= 4 is 33.3 Å². The molecule has 0 radical (unpaired) electrons. The number of hydrogen-bond acceptors (Lipinski definition) is 5. The first-order chi connectivity index (χ1) is 13.8. The molecule has 5 rings (SSSR count). The van der Waals surface area contributed by atoms with Gasteiger partial charge >= 0.3 is 0 Å². The summed E-state index contributed by atoms with van der Waals surface area (Å²) in [7, 11) is 1.65. The van der Waals surface area contributed by atoms with E-state index in [9.17, 15) is 0 Å². The van der Waals surface area contributed by atoms with Crippen molar-refractivity contribution in [1.29, 1.82) is 0 Å². The van der Waals surface area contributed by atoms with Crippen molar-refractivity contribution in [3.05, 3.63) is 73.2 Å². The van der Waals surface area contributed by atoms with Crippen LogP contribution in [0.4, 0.5) is 11.5 Å². The molecule has 0 atom stereocenters. The number of aromatic amines is 1. The average molecular weight is 367 g/mol. The molecule has 3 heterocycles. The summed E-state index contributed by atoms with van der Waals surface area (Å²) in [6.07, 6.45) is 5.41. The fourth-order valence-electron chi connectivity index (χ4n) is 3.23. The Morgan fingerprint density at radius 2 is 1.82 bits per heavy atom. The van der Waals surface area contributed by atoms with Crippen LogP contribution in [0.2, 0.25) is 0 Å². The molecule has 2 N–H and O–H groups in total. The second kappa shape index (κ2) is 6.66. The Labute approximate surface area is 161 Å². The van der Waals surface area contributed by atoms with Crippen LogP contribution in [0, 0.1) is 0 Å². The Morgan fingerprint density at radius 1 is 0.929 bits per heavy atom. The normalized spacial score (nSPS) is 11.0. The Kier molecular flexibility index (Phi) is 3.87. The van der Waals surface area contributed by atoms with Crippen molar-refractivity contribution in [2.24, 2.45) is 0 Å². The van der Waals surface area contributed by atoms with Crippen LogP contribution in [0.5, 0.6) is 5.75 Å². The minimum Gasteiger partial charge on any atom is -0.497 e. The van der Waals surface area contributed by atoms with Gasteiger partial charge in [-0.15, -0.1) is 0 Å². The number of anilines is 2. The van der Waals surface area contributed by atoms with Crippen molar-refractivity contribution in [3.63, 3.8) is 0 Å². The van der Waals surface area contributed by atoms with Crippen LogP contribution in [-0.4, -0.2) is 27.0 Å². The number of fused-ring (bicyclic) bond motifs is 2. The SMILES string of the molecule is COc1ccc2c(Nc3ccc4[nH]ccc4c3)nc(-c3ccncc3)nc2c1. The van der Waals surface area contributed by atoms with Crippen molar-refractivity contribution in [3.8, 4) is 17.1 Å². The predicted molar refractivity (Wildman–Crippen MR) is 111 cm³/mol. The van der Waals surface area contributed by atoms with Crippen molar-refractivity contribution < 1.29 is 4.74 Å². The highest BCUT2D eigenvalue weighted by Gasteiger charge is 2.11. The fourth-order valence-corrected chi connectivity index (χ4v) is 3.23. The molecule has 0 aliphatic carbocycles. The van der Waals surface area contributed by atoms with Crippen LogP contribution in [-0.2, 0) is 0 Å². The second-order valence-corrected chi connectivity index (χ2v) is 6.42. The Bertz CT molecular complexity index is 1280. The fraction of sp³-hybridized carbons (Fsp3) is 0.0455. The highest BCUT2D eigenvalue weighted by Crippen LogP contribution is 2.30. The van der Waals surface area contributed by atoms with E-state index in [0.717, 1.165) is 44.6 Å². The van der Waals surface area contributed by atoms with Crippen LogP contribution >= 0.6 is 0 Å². The van der Waals surface area contributed by atoms with Crippen LogP contribution in [0.25, 0.3) is 33.2 Å². The van der Waals surface area contributed by atoms with Gasteiger partial charge < -0.3 is 15.0 Å². The average Bonchev–Trinajstić information content (AvgIpc) is 3.21. The molecule has 28 heavy (non-hydrogen) atoms. The van der Waals surface area contributed by atoms with E-state index in [-0.39, 0.29) is 0 Å². The first kappa shape index (κ1) is 16.3. The third kappa shape index (κ3) is 2.91. The number of nitrogens with one attached hydrogen (secondary N) is 2. The molecule has 2 aromatic carbocycles. The molecular weight excluding hydrogens is 350 g/mol. The number of hydrogen-bond donors (Lipinski definition) is 2. The topological polar surface area (TPSA) is 75.7 Å². The van der Waals surface area contributed by atoms with Gasteiger partial charge in [0.05, 0.1) is 12.6 Å². The van der Waals surface area contributed by atoms with Crippen molar-refractivity contribution in [1.82, 2.24) is 19.9 Å². The number of pyridine rings is 1. The lowest BCUT2D eigenvalue weighted by molar-refractivity contribution is 0.415. The number of rotatable bonds is 4. The van der Waals surface area contributed by atoms with E-state index in [4.69, 9.17) is 14.7 Å². The predicted octanol–water partition coefficient (Wildman–Crippen LogP) is 4.93. The molecule has 0 saturated carbocycles. The molecule has 6 nitrogen and oxygen atoms in total. The molecule has 0 fully saturated rings. The largest absolute Gasteiger partial charge is 0.497 e. The first-order valence-corrected chi connectivity index (χ1v) is 8.90. The third-order valence-electron chi connectivity index (χ3n) is 4.66. The summed E-state index contributed by atoms with van der Waals surface area (Å²) >= 11 is 0. The van der Waals surface area contributed by atoms with E-state index in [1.807, 2.05) is 54.7 Å². The maximum absolute atomic E-state index is 5.37. The zero-order chi connectivity index (χ0) is 18.9. The number of benzene rings is 2. The summed E-state index contributed by atoms with van der Waals surface area (Å²) in [5.41, 5.74) is 3.78. The van der Waals surface area contributed by atoms with Crippen LogP contribution in [0.3, 0.4) is 0 Å². The van der Waals surface area contributed by atoms with Gasteiger partial charge in [-0.2, -0.15) is 0 Å². The lowest BCUT2D eigenvalue weighted by atomic mass is 10.2. The zero-order valence-electron chi connectivity index (χ0n) is 15.2. The second-order valence-electron chi connectivity index (χ2n) is 6.42. The summed E-state index contributed by atoms with van der Waals surface area (Å²) in [6, 6.07) is 17.8. The van der Waals surface area contributed by atoms with E-state index in [2.05, 4.69) is 21.4 Å². The molecule has 0 spiro atoms. The smallest absolute Gasteiger partial charge is 0.162 e. The summed E-state index contributed by atoms with van der Waals surface area (Å²) in [5.74, 6) is 2.13. The van der Waals surface area contributed by atoms with E-state index in [1.165, 1.54) is 0 Å². The number of methoxy groups -OCH3 is 1. The number of H-pyrrole nitrogens is 1. The summed E-state index contributed by atoms with van der Waals surface area (Å²) in [6.45, 7) is 0. The standard InChI is InChI=1S/C22H17N5O/c1-28-17-3-4-18-20(13-17)26-21(14-6-9-23-10-7-14)27-22(18)25-16-2-5-19-15(12-16)8-11-24-19/h2-13,24H,1H3,(H,25,26,27). The van der Waals surface area contributed by atoms with E-state index >= 15 is 0 Å². The molecule has 0 amide bonds. The molecule has 3 aromatic heterocycles. The van der Waals surface area contributed by atoms with Crippen LogP contribution < -0.4 is 10.1 Å². The molecule has 5 aromatic rings. The molecule has 0 saturated heterocycles. The van der Waals surface area contributed by atoms with Gasteiger partial charge in [-0.3, -0.25) is 4.98 Å². The zero-order valence-corrected chi connectivity index (χ0v) is 15.2. The van der Waals surface area contributed by atoms with E-state index in [0.29, 0.717) is 5.82 Å². The Morgan fingerprint density at radius 3 is 2.68 bits per heavy atom. The lowest BCUT2D eigenvalue weighted by Crippen LogP contribution is -2.00. The van der Waals surface area contributed by atoms with E-state index < -0.39 is 0 Å². The first-order valence-electron chi connectivity index (χ1n) is 8.90. The lowest BCUT2D eigenvalue weighted by Gasteiger charge is -2.12. The van der Waals surface area contributed by atoms with Gasteiger partial charge in [-0.1, -0.05) is 0 Å². The molecule has 6 heteroatoms. The number of ether oxygens (including phenoxy) is 1. The van der Waals surface area contributed by atoms with Crippen molar-refractivity contribution in [2.75, 3.05) is 12.4 Å². The minimum atomic E-state index is 0.633. The highest BCUT2D eigenvalue weighted by atomic mass is 16.5.